The molecule has 0 heterocycles. The monoisotopic (exact) mass is 222 g/mol. The average Bonchev–Trinajstić information content (AvgIpc) is 2.26. The van der Waals surface area contributed by atoms with Crippen LogP contribution < -0.4 is 0 Å². The Bertz CT molecular complexity index is 316. The molecule has 0 bridgehead atoms. The molecule has 0 radical (unpaired) electrons. The molecule has 2 heteroatoms. The first-order valence-electron chi connectivity index (χ1n) is 5.45. The second-order valence-electron chi connectivity index (χ2n) is 4.05. The van der Waals surface area contributed by atoms with E-state index in [1.54, 1.807) is 0 Å². The third-order valence-corrected chi connectivity index (χ3v) is 3.08. The van der Waals surface area contributed by atoms with Gasteiger partial charge in [-0.3, -0.25) is 4.79 Å². The molecular formula is C13H18OS. The van der Waals surface area contributed by atoms with E-state index in [1.165, 1.54) is 18.4 Å². The fourth-order valence-corrected chi connectivity index (χ4v) is 1.58. The molecule has 0 saturated heterocycles. The molecule has 0 aliphatic rings. The van der Waals surface area contributed by atoms with Crippen LogP contribution in [-0.4, -0.2) is 5.12 Å². The van der Waals surface area contributed by atoms with Crippen molar-refractivity contribution >= 4 is 17.7 Å². The highest BCUT2D eigenvalue weighted by molar-refractivity contribution is 7.97. The van der Waals surface area contributed by atoms with Gasteiger partial charge in [0.25, 0.3) is 0 Å². The zero-order chi connectivity index (χ0) is 11.3. The number of rotatable bonds is 5. The molecule has 0 spiro atoms. The van der Waals surface area contributed by atoms with Crippen LogP contribution in [0.3, 0.4) is 0 Å². The summed E-state index contributed by atoms with van der Waals surface area (Å²) in [6.45, 7) is 4.49. The van der Waals surface area contributed by atoms with Crippen LogP contribution >= 0.6 is 12.6 Å². The van der Waals surface area contributed by atoms with Gasteiger partial charge in [0.1, 0.15) is 0 Å². The Hall–Kier alpha value is -0.760. The molecule has 1 nitrogen and oxygen atoms in total. The first-order chi connectivity index (χ1) is 7.13. The lowest BCUT2D eigenvalue weighted by Crippen LogP contribution is -1.96. The standard InChI is InChI=1S/C13H18OS/c1-3-10(2)4-5-11-6-8-12(9-7-11)13(14)15/h6-10H,3-5H2,1-2H3,(H,14,15). The number of carbonyl (C=O) groups is 1. The van der Waals surface area contributed by atoms with Gasteiger partial charge in [0.15, 0.2) is 0 Å². The van der Waals surface area contributed by atoms with E-state index in [2.05, 4.69) is 26.5 Å². The Morgan fingerprint density at radius 1 is 1.33 bits per heavy atom. The average molecular weight is 222 g/mol. The lowest BCUT2D eigenvalue weighted by Gasteiger charge is -2.07. The molecule has 1 aromatic rings. The van der Waals surface area contributed by atoms with Gasteiger partial charge in [0.05, 0.1) is 0 Å². The maximum Gasteiger partial charge on any atom is 0.216 e. The Morgan fingerprint density at radius 3 is 2.40 bits per heavy atom. The first-order valence-corrected chi connectivity index (χ1v) is 5.90. The van der Waals surface area contributed by atoms with Gasteiger partial charge in [-0.1, -0.05) is 44.5 Å². The second kappa shape index (κ2) is 5.96. The van der Waals surface area contributed by atoms with Crippen LogP contribution in [0.15, 0.2) is 24.3 Å². The van der Waals surface area contributed by atoms with Crippen molar-refractivity contribution in [3.05, 3.63) is 35.4 Å². The molecule has 0 amide bonds. The van der Waals surface area contributed by atoms with Gasteiger partial charge < -0.3 is 0 Å². The second-order valence-corrected chi connectivity index (χ2v) is 4.46. The molecule has 82 valence electrons. The molecule has 1 rings (SSSR count). The lowest BCUT2D eigenvalue weighted by atomic mass is 9.99. The molecule has 1 unspecified atom stereocenters. The van der Waals surface area contributed by atoms with E-state index in [1.807, 2.05) is 24.3 Å². The van der Waals surface area contributed by atoms with Crippen molar-refractivity contribution in [1.82, 2.24) is 0 Å². The number of aryl methyl sites for hydroxylation is 1. The number of hydrogen-bond donors (Lipinski definition) is 1. The van der Waals surface area contributed by atoms with Crippen LogP contribution in [0.2, 0.25) is 0 Å². The molecule has 0 aliphatic heterocycles. The summed E-state index contributed by atoms with van der Waals surface area (Å²) in [6.07, 6.45) is 3.54. The Balaban J connectivity index is 2.53. The van der Waals surface area contributed by atoms with Crippen molar-refractivity contribution in [1.29, 1.82) is 0 Å². The fraction of sp³-hybridized carbons (Fsp3) is 0.462. The van der Waals surface area contributed by atoms with Crippen LogP contribution in [-0.2, 0) is 6.42 Å². The van der Waals surface area contributed by atoms with E-state index in [-0.39, 0.29) is 5.12 Å². The van der Waals surface area contributed by atoms with Gasteiger partial charge in [-0.25, -0.2) is 0 Å². The Kier molecular flexibility index (Phi) is 4.89. The van der Waals surface area contributed by atoms with E-state index in [4.69, 9.17) is 0 Å². The molecule has 0 saturated carbocycles. The van der Waals surface area contributed by atoms with Gasteiger partial charge in [-0.2, -0.15) is 0 Å². The minimum Gasteiger partial charge on any atom is -0.282 e. The number of thiol groups is 1. The molecule has 0 N–H and O–H groups in total. The van der Waals surface area contributed by atoms with E-state index < -0.39 is 0 Å². The SMILES string of the molecule is CCC(C)CCc1ccc(C(=O)S)cc1. The van der Waals surface area contributed by atoms with Gasteiger partial charge in [0, 0.05) is 5.56 Å². The maximum atomic E-state index is 10.9. The van der Waals surface area contributed by atoms with E-state index in [0.717, 1.165) is 12.3 Å². The minimum absolute atomic E-state index is 0.163. The van der Waals surface area contributed by atoms with Gasteiger partial charge in [-0.05, 0) is 24.3 Å². The zero-order valence-corrected chi connectivity index (χ0v) is 10.3. The van der Waals surface area contributed by atoms with Crippen LogP contribution in [0.5, 0.6) is 0 Å². The molecule has 1 atom stereocenters. The molecule has 0 aliphatic carbocycles. The summed E-state index contributed by atoms with van der Waals surface area (Å²) in [5, 5.41) is -0.163. The Labute approximate surface area is 97.3 Å². The quantitative estimate of drug-likeness (QED) is 0.751. The summed E-state index contributed by atoms with van der Waals surface area (Å²) in [7, 11) is 0. The minimum atomic E-state index is -0.163. The zero-order valence-electron chi connectivity index (χ0n) is 9.36. The molecular weight excluding hydrogens is 204 g/mol. The van der Waals surface area contributed by atoms with Crippen LogP contribution in [0, 0.1) is 5.92 Å². The van der Waals surface area contributed by atoms with Crippen LogP contribution in [0.1, 0.15) is 42.6 Å². The number of carbonyl (C=O) groups excluding carboxylic acids is 1. The van der Waals surface area contributed by atoms with Crippen molar-refractivity contribution < 1.29 is 4.79 Å². The molecule has 1 aromatic carbocycles. The van der Waals surface area contributed by atoms with Crippen LogP contribution in [0.4, 0.5) is 0 Å². The van der Waals surface area contributed by atoms with Gasteiger partial charge in [0.2, 0.25) is 5.12 Å². The molecule has 0 aromatic heterocycles. The summed E-state index contributed by atoms with van der Waals surface area (Å²) in [5.74, 6) is 0.774. The van der Waals surface area contributed by atoms with Gasteiger partial charge in [-0.15, -0.1) is 12.6 Å². The largest absolute Gasteiger partial charge is 0.282 e. The predicted octanol–water partition coefficient (Wildman–Crippen LogP) is 3.74. The van der Waals surface area contributed by atoms with E-state index in [9.17, 15) is 4.79 Å². The Morgan fingerprint density at radius 2 is 1.93 bits per heavy atom. The summed E-state index contributed by atoms with van der Waals surface area (Å²) in [5.41, 5.74) is 1.97. The van der Waals surface area contributed by atoms with Crippen LogP contribution in [0.25, 0.3) is 0 Å². The van der Waals surface area contributed by atoms with Crippen molar-refractivity contribution in [2.45, 2.75) is 33.1 Å². The summed E-state index contributed by atoms with van der Waals surface area (Å²) >= 11 is 3.78. The van der Waals surface area contributed by atoms with Crippen molar-refractivity contribution in [2.75, 3.05) is 0 Å². The normalized spacial score (nSPS) is 12.5. The highest BCUT2D eigenvalue weighted by Gasteiger charge is 2.02. The smallest absolute Gasteiger partial charge is 0.216 e. The van der Waals surface area contributed by atoms with Gasteiger partial charge >= 0.3 is 0 Å². The number of hydrogen-bond acceptors (Lipinski definition) is 1. The third-order valence-electron chi connectivity index (χ3n) is 2.82. The summed E-state index contributed by atoms with van der Waals surface area (Å²) in [4.78, 5) is 10.9. The highest BCUT2D eigenvalue weighted by atomic mass is 32.1. The number of benzene rings is 1. The van der Waals surface area contributed by atoms with E-state index >= 15 is 0 Å². The van der Waals surface area contributed by atoms with E-state index in [0.29, 0.717) is 5.56 Å². The fourth-order valence-electron chi connectivity index (χ4n) is 1.43. The highest BCUT2D eigenvalue weighted by Crippen LogP contribution is 2.13. The lowest BCUT2D eigenvalue weighted by molar-refractivity contribution is 0.109. The predicted molar refractivity (Wildman–Crippen MR) is 67.5 cm³/mol. The molecule has 0 fully saturated rings. The topological polar surface area (TPSA) is 17.1 Å². The van der Waals surface area contributed by atoms with Crippen molar-refractivity contribution in [2.24, 2.45) is 5.92 Å². The molecule has 15 heavy (non-hydrogen) atoms. The van der Waals surface area contributed by atoms with Crippen molar-refractivity contribution in [3.63, 3.8) is 0 Å². The summed E-state index contributed by atoms with van der Waals surface area (Å²) < 4.78 is 0. The first kappa shape index (κ1) is 12.3. The third kappa shape index (κ3) is 4.08. The summed E-state index contributed by atoms with van der Waals surface area (Å²) in [6, 6.07) is 7.74. The maximum absolute atomic E-state index is 10.9. The van der Waals surface area contributed by atoms with Crippen molar-refractivity contribution in [3.8, 4) is 0 Å².